The Morgan fingerprint density at radius 1 is 1.17 bits per heavy atom. The molecule has 0 bridgehead atoms. The number of aryl methyl sites for hydroxylation is 1. The van der Waals surface area contributed by atoms with Gasteiger partial charge in [-0.05, 0) is 30.2 Å². The third kappa shape index (κ3) is 3.97. The molecule has 0 aliphatic heterocycles. The first-order valence-corrected chi connectivity index (χ1v) is 8.51. The Kier molecular flexibility index (Phi) is 5.18. The summed E-state index contributed by atoms with van der Waals surface area (Å²) < 4.78 is 5.61. The normalized spacial score (nSPS) is 10.4. The number of hydrogen-bond donors (Lipinski definition) is 1. The lowest BCUT2D eigenvalue weighted by molar-refractivity contribution is -0.118. The molecule has 0 saturated heterocycles. The maximum atomic E-state index is 12.0. The van der Waals surface area contributed by atoms with Gasteiger partial charge in [0.05, 0.1) is 5.69 Å². The molecule has 3 rings (SSSR count). The predicted octanol–water partition coefficient (Wildman–Crippen LogP) is 3.79. The van der Waals surface area contributed by atoms with Gasteiger partial charge in [-0.2, -0.15) is 0 Å². The van der Waals surface area contributed by atoms with Gasteiger partial charge < -0.3 is 4.74 Å². The number of benzene rings is 1. The van der Waals surface area contributed by atoms with Gasteiger partial charge in [-0.3, -0.25) is 15.1 Å². The van der Waals surface area contributed by atoms with Crippen molar-refractivity contribution in [3.8, 4) is 17.1 Å². The molecule has 6 heteroatoms. The third-order valence-corrected chi connectivity index (χ3v) is 4.15. The van der Waals surface area contributed by atoms with E-state index in [1.165, 1.54) is 11.3 Å². The molecule has 0 saturated carbocycles. The lowest BCUT2D eigenvalue weighted by Gasteiger charge is -2.09. The summed E-state index contributed by atoms with van der Waals surface area (Å²) >= 11 is 1.36. The molecule has 0 unspecified atom stereocenters. The highest BCUT2D eigenvalue weighted by molar-refractivity contribution is 7.14. The fourth-order valence-corrected chi connectivity index (χ4v) is 2.92. The summed E-state index contributed by atoms with van der Waals surface area (Å²) in [5, 5.41) is 5.16. The van der Waals surface area contributed by atoms with E-state index in [1.54, 1.807) is 6.20 Å². The van der Waals surface area contributed by atoms with Crippen LogP contribution in [0.3, 0.4) is 0 Å². The van der Waals surface area contributed by atoms with E-state index in [2.05, 4.69) is 22.2 Å². The maximum absolute atomic E-state index is 12.0. The van der Waals surface area contributed by atoms with Crippen LogP contribution in [0.2, 0.25) is 0 Å². The van der Waals surface area contributed by atoms with E-state index < -0.39 is 0 Å². The zero-order valence-electron chi connectivity index (χ0n) is 13.2. The molecule has 0 aliphatic rings. The number of aromatic nitrogens is 2. The van der Waals surface area contributed by atoms with E-state index in [-0.39, 0.29) is 12.5 Å². The average molecular weight is 339 g/mol. The van der Waals surface area contributed by atoms with Crippen LogP contribution in [-0.4, -0.2) is 22.5 Å². The fourth-order valence-electron chi connectivity index (χ4n) is 2.20. The highest BCUT2D eigenvalue weighted by atomic mass is 32.1. The molecular formula is C18H17N3O2S. The van der Waals surface area contributed by atoms with Gasteiger partial charge in [0.1, 0.15) is 11.4 Å². The van der Waals surface area contributed by atoms with Crippen LogP contribution < -0.4 is 10.1 Å². The van der Waals surface area contributed by atoms with Gasteiger partial charge >= 0.3 is 0 Å². The first-order valence-electron chi connectivity index (χ1n) is 7.63. The largest absolute Gasteiger partial charge is 0.483 e. The van der Waals surface area contributed by atoms with Gasteiger partial charge in [0, 0.05) is 11.6 Å². The van der Waals surface area contributed by atoms with Gasteiger partial charge in [-0.25, -0.2) is 4.98 Å². The number of pyridine rings is 1. The molecule has 2 aromatic heterocycles. The van der Waals surface area contributed by atoms with E-state index in [0.29, 0.717) is 5.13 Å². The lowest BCUT2D eigenvalue weighted by atomic mass is 10.1. The molecule has 0 spiro atoms. The molecule has 0 fully saturated rings. The van der Waals surface area contributed by atoms with Crippen molar-refractivity contribution in [2.45, 2.75) is 13.3 Å². The number of ether oxygens (including phenoxy) is 1. The first-order chi connectivity index (χ1) is 11.8. The second kappa shape index (κ2) is 7.70. The Balaban J connectivity index is 1.58. The summed E-state index contributed by atoms with van der Waals surface area (Å²) in [6.07, 6.45) is 2.57. The number of nitrogens with one attached hydrogen (secondary N) is 1. The molecule has 5 nitrogen and oxygen atoms in total. The Bertz CT molecular complexity index is 818. The first kappa shape index (κ1) is 16.1. The molecule has 1 aromatic carbocycles. The molecule has 122 valence electrons. The van der Waals surface area contributed by atoms with Crippen LogP contribution >= 0.6 is 11.3 Å². The van der Waals surface area contributed by atoms with Crippen LogP contribution in [0.1, 0.15) is 12.5 Å². The Morgan fingerprint density at radius 3 is 2.79 bits per heavy atom. The summed E-state index contributed by atoms with van der Waals surface area (Å²) in [4.78, 5) is 20.7. The summed E-state index contributed by atoms with van der Waals surface area (Å²) in [7, 11) is 0. The standard InChI is InChI=1S/C18H17N3O2S/c1-2-13-7-3-4-9-16(13)23-11-17(22)21-18-20-15(12-24-18)14-8-5-6-10-19-14/h3-10,12H,2,11H2,1H3,(H,20,21,22). The van der Waals surface area contributed by atoms with Crippen molar-refractivity contribution < 1.29 is 9.53 Å². The van der Waals surface area contributed by atoms with Crippen molar-refractivity contribution in [2.24, 2.45) is 0 Å². The van der Waals surface area contributed by atoms with Crippen molar-refractivity contribution in [3.05, 3.63) is 59.6 Å². The number of hydrogen-bond acceptors (Lipinski definition) is 5. The summed E-state index contributed by atoms with van der Waals surface area (Å²) in [5.74, 6) is 0.506. The molecule has 1 amide bonds. The molecule has 24 heavy (non-hydrogen) atoms. The van der Waals surface area contributed by atoms with Gasteiger partial charge in [-0.15, -0.1) is 11.3 Å². The number of nitrogens with zero attached hydrogens (tertiary/aromatic N) is 2. The smallest absolute Gasteiger partial charge is 0.264 e. The van der Waals surface area contributed by atoms with Crippen LogP contribution in [-0.2, 0) is 11.2 Å². The molecule has 2 heterocycles. The zero-order chi connectivity index (χ0) is 16.8. The SMILES string of the molecule is CCc1ccccc1OCC(=O)Nc1nc(-c2ccccn2)cs1. The van der Waals surface area contributed by atoms with Gasteiger partial charge in [-0.1, -0.05) is 31.2 Å². The number of anilines is 1. The van der Waals surface area contributed by atoms with Crippen LogP contribution in [0.15, 0.2) is 54.0 Å². The molecule has 1 N–H and O–H groups in total. The quantitative estimate of drug-likeness (QED) is 0.742. The number of carbonyl (C=O) groups excluding carboxylic acids is 1. The van der Waals surface area contributed by atoms with Crippen molar-refractivity contribution in [2.75, 3.05) is 11.9 Å². The lowest BCUT2D eigenvalue weighted by Crippen LogP contribution is -2.20. The van der Waals surface area contributed by atoms with Crippen molar-refractivity contribution in [1.82, 2.24) is 9.97 Å². The van der Waals surface area contributed by atoms with Crippen molar-refractivity contribution >= 4 is 22.4 Å². The maximum Gasteiger partial charge on any atom is 0.264 e. The summed E-state index contributed by atoms with van der Waals surface area (Å²) in [6.45, 7) is 2.01. The minimum absolute atomic E-state index is 0.0461. The van der Waals surface area contributed by atoms with Crippen molar-refractivity contribution in [1.29, 1.82) is 0 Å². The van der Waals surface area contributed by atoms with E-state index in [9.17, 15) is 4.79 Å². The Labute approximate surface area is 144 Å². The minimum atomic E-state index is -0.233. The fraction of sp³-hybridized carbons (Fsp3) is 0.167. The second-order valence-corrected chi connectivity index (χ2v) is 5.91. The Morgan fingerprint density at radius 2 is 2.00 bits per heavy atom. The predicted molar refractivity (Wildman–Crippen MR) is 95.3 cm³/mol. The van der Waals surface area contributed by atoms with Crippen LogP contribution in [0.5, 0.6) is 5.75 Å². The topological polar surface area (TPSA) is 64.1 Å². The minimum Gasteiger partial charge on any atom is -0.483 e. The highest BCUT2D eigenvalue weighted by Crippen LogP contribution is 2.23. The van der Waals surface area contributed by atoms with Gasteiger partial charge in [0.15, 0.2) is 11.7 Å². The molecular weight excluding hydrogens is 322 g/mol. The number of carbonyl (C=O) groups is 1. The van der Waals surface area contributed by atoms with Crippen LogP contribution in [0.4, 0.5) is 5.13 Å². The van der Waals surface area contributed by atoms with E-state index in [1.807, 2.05) is 47.8 Å². The monoisotopic (exact) mass is 339 g/mol. The van der Waals surface area contributed by atoms with E-state index in [0.717, 1.165) is 29.1 Å². The highest BCUT2D eigenvalue weighted by Gasteiger charge is 2.10. The zero-order valence-corrected chi connectivity index (χ0v) is 14.0. The number of amides is 1. The van der Waals surface area contributed by atoms with E-state index >= 15 is 0 Å². The second-order valence-electron chi connectivity index (χ2n) is 5.05. The molecule has 0 atom stereocenters. The van der Waals surface area contributed by atoms with Crippen LogP contribution in [0, 0.1) is 0 Å². The summed E-state index contributed by atoms with van der Waals surface area (Å²) in [5.41, 5.74) is 2.60. The number of para-hydroxylation sites is 1. The Hall–Kier alpha value is -2.73. The summed E-state index contributed by atoms with van der Waals surface area (Å²) in [6, 6.07) is 13.4. The van der Waals surface area contributed by atoms with Crippen LogP contribution in [0.25, 0.3) is 11.4 Å². The van der Waals surface area contributed by atoms with Gasteiger partial charge in [0.2, 0.25) is 0 Å². The number of thiazole rings is 1. The van der Waals surface area contributed by atoms with E-state index in [4.69, 9.17) is 4.74 Å². The molecule has 0 radical (unpaired) electrons. The molecule has 0 aliphatic carbocycles. The van der Waals surface area contributed by atoms with Gasteiger partial charge in [0.25, 0.3) is 5.91 Å². The van der Waals surface area contributed by atoms with Crippen molar-refractivity contribution in [3.63, 3.8) is 0 Å². The molecule has 3 aromatic rings. The third-order valence-electron chi connectivity index (χ3n) is 3.39. The average Bonchev–Trinajstić information content (AvgIpc) is 3.09. The number of rotatable bonds is 6.